The van der Waals surface area contributed by atoms with E-state index in [0.717, 1.165) is 24.0 Å². The van der Waals surface area contributed by atoms with Gasteiger partial charge < -0.3 is 9.80 Å². The van der Waals surface area contributed by atoms with Crippen LogP contribution in [0.2, 0.25) is 0 Å². The highest BCUT2D eigenvalue weighted by Crippen LogP contribution is 2.33. The SMILES string of the molecule is CN1CCN(c2nn(-c3ccccc3C(F)(F)F)nc2C#N)CC1. The minimum Gasteiger partial charge on any atom is -0.350 e. The number of aromatic nitrogens is 3. The number of nitrogens with zero attached hydrogens (tertiary/aromatic N) is 6. The normalized spacial score (nSPS) is 16.2. The summed E-state index contributed by atoms with van der Waals surface area (Å²) in [6, 6.07) is 6.97. The Kier molecular flexibility index (Phi) is 4.15. The predicted octanol–water partition coefficient (Wildman–Crippen LogP) is 1.91. The molecular weight excluding hydrogens is 321 g/mol. The molecule has 1 saturated heterocycles. The standard InChI is InChI=1S/C15H15F3N6/c1-22-6-8-23(9-7-22)14-12(10-19)20-24(21-14)13-5-3-2-4-11(13)15(16,17)18/h2-5H,6-9H2,1H3. The van der Waals surface area contributed by atoms with Crippen LogP contribution in [0.15, 0.2) is 24.3 Å². The van der Waals surface area contributed by atoms with E-state index in [1.54, 1.807) is 0 Å². The van der Waals surface area contributed by atoms with Gasteiger partial charge in [-0.2, -0.15) is 18.4 Å². The number of hydrogen-bond acceptors (Lipinski definition) is 5. The van der Waals surface area contributed by atoms with Gasteiger partial charge in [-0.15, -0.1) is 15.0 Å². The Labute approximate surface area is 136 Å². The Morgan fingerprint density at radius 3 is 2.38 bits per heavy atom. The van der Waals surface area contributed by atoms with E-state index >= 15 is 0 Å². The highest BCUT2D eigenvalue weighted by molar-refractivity contribution is 5.51. The Morgan fingerprint density at radius 1 is 1.08 bits per heavy atom. The smallest absolute Gasteiger partial charge is 0.350 e. The highest BCUT2D eigenvalue weighted by Gasteiger charge is 2.34. The lowest BCUT2D eigenvalue weighted by Crippen LogP contribution is -2.45. The summed E-state index contributed by atoms with van der Waals surface area (Å²) in [6.07, 6.45) is -4.52. The Hall–Kier alpha value is -2.60. The number of para-hydroxylation sites is 1. The number of alkyl halides is 3. The number of halogens is 3. The lowest BCUT2D eigenvalue weighted by Gasteiger charge is -2.32. The summed E-state index contributed by atoms with van der Waals surface area (Å²) < 4.78 is 39.5. The summed E-state index contributed by atoms with van der Waals surface area (Å²) in [4.78, 5) is 4.90. The lowest BCUT2D eigenvalue weighted by atomic mass is 10.2. The monoisotopic (exact) mass is 336 g/mol. The van der Waals surface area contributed by atoms with E-state index < -0.39 is 11.7 Å². The number of nitriles is 1. The van der Waals surface area contributed by atoms with Crippen molar-refractivity contribution in [2.24, 2.45) is 0 Å². The first kappa shape index (κ1) is 16.3. The second-order valence-corrected chi connectivity index (χ2v) is 5.58. The van der Waals surface area contributed by atoms with Crippen molar-refractivity contribution in [2.45, 2.75) is 6.18 Å². The molecule has 1 aromatic heterocycles. The van der Waals surface area contributed by atoms with E-state index in [0.29, 0.717) is 18.9 Å². The van der Waals surface area contributed by atoms with Gasteiger partial charge in [0.1, 0.15) is 6.07 Å². The molecule has 6 nitrogen and oxygen atoms in total. The van der Waals surface area contributed by atoms with Gasteiger partial charge in [-0.1, -0.05) is 12.1 Å². The predicted molar refractivity (Wildman–Crippen MR) is 80.8 cm³/mol. The Balaban J connectivity index is 2.01. The number of likely N-dealkylation sites (N-methyl/N-ethyl adjacent to an activating group) is 1. The third kappa shape index (κ3) is 3.05. The number of anilines is 1. The second kappa shape index (κ2) is 6.13. The van der Waals surface area contributed by atoms with E-state index in [2.05, 4.69) is 15.1 Å². The van der Waals surface area contributed by atoms with E-state index in [4.69, 9.17) is 0 Å². The molecular formula is C15H15F3N6. The Bertz CT molecular complexity index is 768. The van der Waals surface area contributed by atoms with Crippen LogP contribution >= 0.6 is 0 Å². The van der Waals surface area contributed by atoms with Crippen molar-refractivity contribution in [3.05, 3.63) is 35.5 Å². The third-order valence-corrected chi connectivity index (χ3v) is 3.93. The Morgan fingerprint density at radius 2 is 1.75 bits per heavy atom. The van der Waals surface area contributed by atoms with Gasteiger partial charge in [0.2, 0.25) is 5.69 Å². The van der Waals surface area contributed by atoms with Gasteiger partial charge in [0.05, 0.1) is 11.3 Å². The molecule has 0 atom stereocenters. The zero-order valence-electron chi connectivity index (χ0n) is 13.0. The van der Waals surface area contributed by atoms with Crippen LogP contribution in [-0.4, -0.2) is 53.1 Å². The van der Waals surface area contributed by atoms with Crippen molar-refractivity contribution >= 4 is 5.82 Å². The van der Waals surface area contributed by atoms with Crippen molar-refractivity contribution in [1.29, 1.82) is 5.26 Å². The quantitative estimate of drug-likeness (QED) is 0.838. The maximum Gasteiger partial charge on any atom is 0.418 e. The van der Waals surface area contributed by atoms with Crippen LogP contribution in [0.25, 0.3) is 5.69 Å². The molecule has 0 amide bonds. The molecule has 9 heteroatoms. The highest BCUT2D eigenvalue weighted by atomic mass is 19.4. The van der Waals surface area contributed by atoms with Gasteiger partial charge in [-0.3, -0.25) is 0 Å². The summed E-state index contributed by atoms with van der Waals surface area (Å²) in [6.45, 7) is 2.86. The van der Waals surface area contributed by atoms with Gasteiger partial charge in [0.25, 0.3) is 0 Å². The van der Waals surface area contributed by atoms with Gasteiger partial charge in [-0.25, -0.2) is 0 Å². The van der Waals surface area contributed by atoms with Crippen LogP contribution < -0.4 is 4.90 Å². The fraction of sp³-hybridized carbons (Fsp3) is 0.400. The average molecular weight is 336 g/mol. The zero-order valence-corrected chi connectivity index (χ0v) is 13.0. The van der Waals surface area contributed by atoms with E-state index in [1.807, 2.05) is 18.0 Å². The van der Waals surface area contributed by atoms with Crippen LogP contribution in [0, 0.1) is 11.3 Å². The van der Waals surface area contributed by atoms with Crippen molar-refractivity contribution in [1.82, 2.24) is 19.9 Å². The lowest BCUT2D eigenvalue weighted by molar-refractivity contribution is -0.137. The molecule has 1 fully saturated rings. The van der Waals surface area contributed by atoms with Crippen molar-refractivity contribution < 1.29 is 13.2 Å². The molecule has 0 saturated carbocycles. The summed E-state index contributed by atoms with van der Waals surface area (Å²) in [5.41, 5.74) is -1.01. The minimum absolute atomic E-state index is 0.0246. The number of hydrogen-bond donors (Lipinski definition) is 0. The van der Waals surface area contributed by atoms with Crippen molar-refractivity contribution in [2.75, 3.05) is 38.1 Å². The first-order chi connectivity index (χ1) is 11.4. The molecule has 0 bridgehead atoms. The topological polar surface area (TPSA) is 61.0 Å². The largest absolute Gasteiger partial charge is 0.418 e. The summed E-state index contributed by atoms with van der Waals surface area (Å²) in [5.74, 6) is 0.322. The van der Waals surface area contributed by atoms with Crippen LogP contribution in [0.4, 0.5) is 19.0 Å². The molecule has 2 aromatic rings. The van der Waals surface area contributed by atoms with Gasteiger partial charge in [0, 0.05) is 26.2 Å². The maximum atomic E-state index is 13.2. The zero-order chi connectivity index (χ0) is 17.3. The summed E-state index contributed by atoms with van der Waals surface area (Å²) in [7, 11) is 1.99. The molecule has 3 rings (SSSR count). The molecule has 1 aliphatic heterocycles. The molecule has 0 unspecified atom stereocenters. The molecule has 1 aliphatic rings. The van der Waals surface area contributed by atoms with Crippen LogP contribution in [0.5, 0.6) is 0 Å². The fourth-order valence-corrected chi connectivity index (χ4v) is 2.60. The van der Waals surface area contributed by atoms with Crippen molar-refractivity contribution in [3.63, 3.8) is 0 Å². The van der Waals surface area contributed by atoms with Crippen LogP contribution in [-0.2, 0) is 6.18 Å². The van der Waals surface area contributed by atoms with E-state index in [-0.39, 0.29) is 11.4 Å². The summed E-state index contributed by atoms with van der Waals surface area (Å²) >= 11 is 0. The molecule has 0 aliphatic carbocycles. The molecule has 0 radical (unpaired) electrons. The molecule has 1 aromatic carbocycles. The molecule has 0 N–H and O–H groups in total. The minimum atomic E-state index is -4.52. The molecule has 126 valence electrons. The average Bonchev–Trinajstić information content (AvgIpc) is 2.99. The fourth-order valence-electron chi connectivity index (χ4n) is 2.60. The van der Waals surface area contributed by atoms with E-state index in [1.165, 1.54) is 18.2 Å². The molecule has 0 spiro atoms. The number of piperazine rings is 1. The first-order valence-electron chi connectivity index (χ1n) is 7.37. The second-order valence-electron chi connectivity index (χ2n) is 5.58. The third-order valence-electron chi connectivity index (χ3n) is 3.93. The molecule has 24 heavy (non-hydrogen) atoms. The van der Waals surface area contributed by atoms with Gasteiger partial charge in [-0.05, 0) is 19.2 Å². The number of rotatable bonds is 2. The van der Waals surface area contributed by atoms with Crippen molar-refractivity contribution in [3.8, 4) is 11.8 Å². The van der Waals surface area contributed by atoms with Gasteiger partial charge in [0.15, 0.2) is 5.82 Å². The van der Waals surface area contributed by atoms with E-state index in [9.17, 15) is 18.4 Å². The first-order valence-corrected chi connectivity index (χ1v) is 7.37. The number of benzene rings is 1. The van der Waals surface area contributed by atoms with Crippen LogP contribution in [0.3, 0.4) is 0 Å². The maximum absolute atomic E-state index is 13.2. The van der Waals surface area contributed by atoms with Crippen LogP contribution in [0.1, 0.15) is 11.3 Å². The summed E-state index contributed by atoms with van der Waals surface area (Å²) in [5, 5.41) is 17.4. The molecule has 2 heterocycles. The van der Waals surface area contributed by atoms with Gasteiger partial charge >= 0.3 is 6.18 Å².